The van der Waals surface area contributed by atoms with Crippen LogP contribution in [0.1, 0.15) is 65.2 Å². The molecule has 1 radical (unpaired) electrons. The Morgan fingerprint density at radius 1 is 0.929 bits per heavy atom. The first-order valence-electron chi connectivity index (χ1n) is 6.08. The van der Waals surface area contributed by atoms with E-state index in [-0.39, 0.29) is 0 Å². The van der Waals surface area contributed by atoms with Gasteiger partial charge in [-0.1, -0.05) is 63.8 Å². The lowest BCUT2D eigenvalue weighted by molar-refractivity contribution is 0.659. The minimum absolute atomic E-state index is 1.24. The normalized spacial score (nSPS) is 9.86. The van der Waals surface area contributed by atoms with Crippen LogP contribution in [0.5, 0.6) is 0 Å². The van der Waals surface area contributed by atoms with E-state index in [1.54, 1.807) is 6.08 Å². The molecule has 0 amide bonds. The molecule has 0 aromatic heterocycles. The van der Waals surface area contributed by atoms with E-state index < -0.39 is 0 Å². The van der Waals surface area contributed by atoms with Gasteiger partial charge in [-0.3, -0.25) is 0 Å². The molecule has 81 valence electrons. The standard InChI is InChI=1S/C14H25/c1-4-7-9-12-14(11-6-3)13-10-8-5-2/h3,6,11H,4-5,7-10,12-13H2,1-2H3. The predicted octanol–water partition coefficient (Wildman–Crippen LogP) is 5.06. The third-order valence-electron chi connectivity index (χ3n) is 2.53. The fourth-order valence-corrected chi connectivity index (χ4v) is 1.63. The summed E-state index contributed by atoms with van der Waals surface area (Å²) in [5, 5.41) is 0. The molecular formula is C14H25. The maximum absolute atomic E-state index is 5.44. The van der Waals surface area contributed by atoms with E-state index in [9.17, 15) is 0 Å². The molecule has 0 saturated carbocycles. The van der Waals surface area contributed by atoms with Crippen LogP contribution in [0.2, 0.25) is 0 Å². The molecule has 0 aliphatic rings. The average Bonchev–Trinajstić information content (AvgIpc) is 2.18. The highest BCUT2D eigenvalue weighted by atomic mass is 14.0. The van der Waals surface area contributed by atoms with Crippen LogP contribution in [-0.4, -0.2) is 0 Å². The Morgan fingerprint density at radius 3 is 1.79 bits per heavy atom. The smallest absolute Gasteiger partial charge is 0.0317 e. The number of hydrogen-bond donors (Lipinski definition) is 0. The van der Waals surface area contributed by atoms with Crippen LogP contribution in [0, 0.1) is 6.58 Å². The highest BCUT2D eigenvalue weighted by Gasteiger charge is 1.96. The molecule has 0 heterocycles. The molecule has 0 fully saturated rings. The summed E-state index contributed by atoms with van der Waals surface area (Å²) in [4.78, 5) is 0. The van der Waals surface area contributed by atoms with Crippen molar-refractivity contribution in [2.45, 2.75) is 65.2 Å². The third kappa shape index (κ3) is 8.10. The highest BCUT2D eigenvalue weighted by Crippen LogP contribution is 2.16. The Labute approximate surface area is 90.1 Å². The molecule has 14 heavy (non-hydrogen) atoms. The molecule has 0 heteroatoms. The van der Waals surface area contributed by atoms with Crippen molar-refractivity contribution in [1.29, 1.82) is 0 Å². The molecule has 0 nitrogen and oxygen atoms in total. The molecule has 0 aliphatic carbocycles. The topological polar surface area (TPSA) is 0 Å². The van der Waals surface area contributed by atoms with Crippen LogP contribution in [-0.2, 0) is 0 Å². The summed E-state index contributed by atoms with van der Waals surface area (Å²) >= 11 is 0. The van der Waals surface area contributed by atoms with Crippen LogP contribution in [0.25, 0.3) is 0 Å². The van der Waals surface area contributed by atoms with Gasteiger partial charge in [0.15, 0.2) is 0 Å². The van der Waals surface area contributed by atoms with Crippen molar-refractivity contribution < 1.29 is 0 Å². The van der Waals surface area contributed by atoms with E-state index in [1.807, 2.05) is 0 Å². The van der Waals surface area contributed by atoms with E-state index in [0.717, 1.165) is 0 Å². The summed E-state index contributed by atoms with van der Waals surface area (Å²) in [6.07, 6.45) is 14.2. The van der Waals surface area contributed by atoms with Gasteiger partial charge in [0.1, 0.15) is 0 Å². The zero-order valence-corrected chi connectivity index (χ0v) is 9.89. The summed E-state index contributed by atoms with van der Waals surface area (Å²) < 4.78 is 0. The fraction of sp³-hybridized carbons (Fsp3) is 0.714. The minimum atomic E-state index is 1.24. The first-order chi connectivity index (χ1) is 6.85. The lowest BCUT2D eigenvalue weighted by Crippen LogP contribution is -1.86. The third-order valence-corrected chi connectivity index (χ3v) is 2.53. The van der Waals surface area contributed by atoms with Crippen molar-refractivity contribution >= 4 is 0 Å². The van der Waals surface area contributed by atoms with E-state index >= 15 is 0 Å². The molecule has 0 atom stereocenters. The van der Waals surface area contributed by atoms with Crippen molar-refractivity contribution in [1.82, 2.24) is 0 Å². The monoisotopic (exact) mass is 193 g/mol. The number of hydrogen-bond acceptors (Lipinski definition) is 0. The zero-order valence-electron chi connectivity index (χ0n) is 9.89. The van der Waals surface area contributed by atoms with Gasteiger partial charge in [0.25, 0.3) is 0 Å². The Kier molecular flexibility index (Phi) is 10.2. The Balaban J connectivity index is 3.67. The van der Waals surface area contributed by atoms with Gasteiger partial charge in [-0.05, 0) is 25.7 Å². The van der Waals surface area contributed by atoms with Crippen LogP contribution in [0.4, 0.5) is 0 Å². The lowest BCUT2D eigenvalue weighted by atomic mass is 10.0. The van der Waals surface area contributed by atoms with Crippen molar-refractivity contribution in [3.05, 3.63) is 24.3 Å². The molecule has 0 aromatic carbocycles. The van der Waals surface area contributed by atoms with Gasteiger partial charge in [-0.15, -0.1) is 0 Å². The van der Waals surface area contributed by atoms with Crippen LogP contribution in [0.3, 0.4) is 0 Å². The number of allylic oxidation sites excluding steroid dienone is 3. The SMILES string of the molecule is [CH]=CC=C(CCCCC)CCCCC. The quantitative estimate of drug-likeness (QED) is 0.354. The van der Waals surface area contributed by atoms with E-state index in [0.29, 0.717) is 0 Å². The Morgan fingerprint density at radius 2 is 1.43 bits per heavy atom. The van der Waals surface area contributed by atoms with Crippen LogP contribution in [0.15, 0.2) is 17.7 Å². The minimum Gasteiger partial charge on any atom is -0.0702 e. The fourth-order valence-electron chi connectivity index (χ4n) is 1.63. The molecule has 0 bridgehead atoms. The molecule has 0 N–H and O–H groups in total. The Hall–Kier alpha value is -0.520. The highest BCUT2D eigenvalue weighted by molar-refractivity contribution is 5.09. The van der Waals surface area contributed by atoms with Crippen molar-refractivity contribution in [3.8, 4) is 0 Å². The second-order valence-electron chi connectivity index (χ2n) is 3.93. The predicted molar refractivity (Wildman–Crippen MR) is 65.2 cm³/mol. The second kappa shape index (κ2) is 10.6. The lowest BCUT2D eigenvalue weighted by Gasteiger charge is -2.05. The van der Waals surface area contributed by atoms with Crippen LogP contribution < -0.4 is 0 Å². The summed E-state index contributed by atoms with van der Waals surface area (Å²) in [6.45, 7) is 9.93. The van der Waals surface area contributed by atoms with Gasteiger partial charge in [0, 0.05) is 0 Å². The van der Waals surface area contributed by atoms with Gasteiger partial charge >= 0.3 is 0 Å². The van der Waals surface area contributed by atoms with E-state index in [2.05, 4.69) is 19.9 Å². The molecule has 0 saturated heterocycles. The molecule has 0 aliphatic heterocycles. The summed E-state index contributed by atoms with van der Waals surface area (Å²) in [7, 11) is 0. The molecule has 0 aromatic rings. The van der Waals surface area contributed by atoms with Crippen molar-refractivity contribution in [3.63, 3.8) is 0 Å². The van der Waals surface area contributed by atoms with E-state index in [4.69, 9.17) is 6.58 Å². The molecule has 0 unspecified atom stereocenters. The summed E-state index contributed by atoms with van der Waals surface area (Å²) in [6, 6.07) is 0. The molecular weight excluding hydrogens is 168 g/mol. The first kappa shape index (κ1) is 13.5. The Bertz CT molecular complexity index is 141. The number of unbranched alkanes of at least 4 members (excludes halogenated alkanes) is 4. The van der Waals surface area contributed by atoms with Gasteiger partial charge in [0.05, 0.1) is 0 Å². The molecule has 0 spiro atoms. The van der Waals surface area contributed by atoms with Gasteiger partial charge in [0.2, 0.25) is 0 Å². The van der Waals surface area contributed by atoms with Gasteiger partial charge in [-0.25, -0.2) is 0 Å². The van der Waals surface area contributed by atoms with Crippen LogP contribution >= 0.6 is 0 Å². The summed E-state index contributed by atoms with van der Waals surface area (Å²) in [5.74, 6) is 0. The summed E-state index contributed by atoms with van der Waals surface area (Å²) in [5.41, 5.74) is 1.54. The van der Waals surface area contributed by atoms with Gasteiger partial charge in [-0.2, -0.15) is 0 Å². The van der Waals surface area contributed by atoms with E-state index in [1.165, 1.54) is 56.9 Å². The largest absolute Gasteiger partial charge is 0.0702 e. The number of rotatable bonds is 9. The zero-order chi connectivity index (χ0) is 10.6. The molecule has 0 rings (SSSR count). The first-order valence-corrected chi connectivity index (χ1v) is 6.08. The van der Waals surface area contributed by atoms with Crippen molar-refractivity contribution in [2.24, 2.45) is 0 Å². The maximum Gasteiger partial charge on any atom is -0.0317 e. The maximum atomic E-state index is 5.44. The van der Waals surface area contributed by atoms with Gasteiger partial charge < -0.3 is 0 Å². The average molecular weight is 193 g/mol. The van der Waals surface area contributed by atoms with Crippen molar-refractivity contribution in [2.75, 3.05) is 0 Å². The second-order valence-corrected chi connectivity index (χ2v) is 3.93.